The van der Waals surface area contributed by atoms with Crippen molar-refractivity contribution >= 4 is 17.8 Å². The molecular formula is C22H29N5O4. The molecule has 166 valence electrons. The fourth-order valence-corrected chi connectivity index (χ4v) is 2.72. The van der Waals surface area contributed by atoms with Gasteiger partial charge in [0.15, 0.2) is 17.5 Å². The molecule has 2 amide bonds. The lowest BCUT2D eigenvalue weighted by Crippen LogP contribution is -2.36. The SMILES string of the molecule is CCNC(=NCc1ccc(OC)c(OC)c1)NCc1ccc(C(=O)NCC(N)=O)cc1. The van der Waals surface area contributed by atoms with Crippen LogP contribution in [0.2, 0.25) is 0 Å². The van der Waals surface area contributed by atoms with Crippen molar-refractivity contribution in [3.05, 3.63) is 59.2 Å². The number of aliphatic imine (C=N–C) groups is 1. The van der Waals surface area contributed by atoms with E-state index < -0.39 is 5.91 Å². The highest BCUT2D eigenvalue weighted by atomic mass is 16.5. The van der Waals surface area contributed by atoms with Gasteiger partial charge < -0.3 is 31.2 Å². The van der Waals surface area contributed by atoms with E-state index in [1.54, 1.807) is 26.4 Å². The summed E-state index contributed by atoms with van der Waals surface area (Å²) in [6.07, 6.45) is 0. The van der Waals surface area contributed by atoms with Gasteiger partial charge in [-0.1, -0.05) is 18.2 Å². The minimum absolute atomic E-state index is 0.190. The highest BCUT2D eigenvalue weighted by Crippen LogP contribution is 2.27. The van der Waals surface area contributed by atoms with E-state index in [1.807, 2.05) is 37.3 Å². The zero-order chi connectivity index (χ0) is 22.6. The largest absolute Gasteiger partial charge is 0.493 e. The number of nitrogens with two attached hydrogens (primary N) is 1. The molecule has 0 spiro atoms. The van der Waals surface area contributed by atoms with Crippen LogP contribution in [-0.2, 0) is 17.9 Å². The quantitative estimate of drug-likeness (QED) is 0.333. The van der Waals surface area contributed by atoms with E-state index in [9.17, 15) is 9.59 Å². The van der Waals surface area contributed by atoms with Gasteiger partial charge in [-0.05, 0) is 42.3 Å². The van der Waals surface area contributed by atoms with Crippen LogP contribution in [-0.4, -0.2) is 45.1 Å². The van der Waals surface area contributed by atoms with Crippen molar-refractivity contribution in [2.75, 3.05) is 27.3 Å². The summed E-state index contributed by atoms with van der Waals surface area (Å²) >= 11 is 0. The summed E-state index contributed by atoms with van der Waals surface area (Å²) in [5, 5.41) is 8.93. The fraction of sp³-hybridized carbons (Fsp3) is 0.318. The molecular weight excluding hydrogens is 398 g/mol. The van der Waals surface area contributed by atoms with E-state index in [1.165, 1.54) is 0 Å². The zero-order valence-electron chi connectivity index (χ0n) is 18.0. The Morgan fingerprint density at radius 3 is 2.23 bits per heavy atom. The van der Waals surface area contributed by atoms with Crippen LogP contribution in [0.1, 0.15) is 28.4 Å². The summed E-state index contributed by atoms with van der Waals surface area (Å²) in [7, 11) is 3.20. The van der Waals surface area contributed by atoms with Gasteiger partial charge in [0.05, 0.1) is 27.3 Å². The maximum Gasteiger partial charge on any atom is 0.251 e. The minimum atomic E-state index is -0.586. The molecule has 2 rings (SSSR count). The Morgan fingerprint density at radius 2 is 1.61 bits per heavy atom. The van der Waals surface area contributed by atoms with Crippen LogP contribution in [0.5, 0.6) is 11.5 Å². The molecule has 31 heavy (non-hydrogen) atoms. The molecule has 0 aliphatic carbocycles. The van der Waals surface area contributed by atoms with Crippen molar-refractivity contribution in [3.63, 3.8) is 0 Å². The Morgan fingerprint density at radius 1 is 0.935 bits per heavy atom. The first-order valence-electron chi connectivity index (χ1n) is 9.85. The second-order valence-electron chi connectivity index (χ2n) is 6.58. The van der Waals surface area contributed by atoms with Gasteiger partial charge >= 0.3 is 0 Å². The molecule has 5 N–H and O–H groups in total. The number of nitrogens with zero attached hydrogens (tertiary/aromatic N) is 1. The second kappa shape index (κ2) is 12.1. The van der Waals surface area contributed by atoms with Gasteiger partial charge in [0, 0.05) is 18.7 Å². The van der Waals surface area contributed by atoms with Crippen molar-refractivity contribution in [2.45, 2.75) is 20.0 Å². The summed E-state index contributed by atoms with van der Waals surface area (Å²) in [6.45, 7) is 3.52. The average Bonchev–Trinajstić information content (AvgIpc) is 2.79. The number of primary amides is 1. The van der Waals surface area contributed by atoms with Crippen molar-refractivity contribution in [1.29, 1.82) is 0 Å². The lowest BCUT2D eigenvalue weighted by molar-refractivity contribution is -0.117. The summed E-state index contributed by atoms with van der Waals surface area (Å²) in [4.78, 5) is 27.3. The molecule has 0 aliphatic heterocycles. The number of carbonyl (C=O) groups is 2. The number of guanidine groups is 1. The normalized spacial score (nSPS) is 10.9. The molecule has 0 radical (unpaired) electrons. The summed E-state index contributed by atoms with van der Waals surface area (Å²) < 4.78 is 10.6. The van der Waals surface area contributed by atoms with Crippen LogP contribution in [0.3, 0.4) is 0 Å². The maximum atomic E-state index is 11.9. The lowest BCUT2D eigenvalue weighted by Gasteiger charge is -2.12. The highest BCUT2D eigenvalue weighted by molar-refractivity contribution is 5.96. The first-order valence-corrected chi connectivity index (χ1v) is 9.85. The number of carbonyl (C=O) groups excluding carboxylic acids is 2. The topological polar surface area (TPSA) is 127 Å². The summed E-state index contributed by atoms with van der Waals surface area (Å²) in [6, 6.07) is 12.8. The molecule has 2 aromatic rings. The number of nitrogens with one attached hydrogen (secondary N) is 3. The number of ether oxygens (including phenoxy) is 2. The Balaban J connectivity index is 1.97. The van der Waals surface area contributed by atoms with Gasteiger partial charge in [-0.15, -0.1) is 0 Å². The molecule has 0 aromatic heterocycles. The smallest absolute Gasteiger partial charge is 0.251 e. The molecule has 0 saturated heterocycles. The number of methoxy groups -OCH3 is 2. The van der Waals surface area contributed by atoms with Crippen molar-refractivity contribution in [3.8, 4) is 11.5 Å². The van der Waals surface area contributed by atoms with Gasteiger partial charge in [-0.3, -0.25) is 9.59 Å². The maximum absolute atomic E-state index is 11.9. The third-order valence-corrected chi connectivity index (χ3v) is 4.31. The Kier molecular flexibility index (Phi) is 9.15. The highest BCUT2D eigenvalue weighted by Gasteiger charge is 2.07. The molecule has 2 aromatic carbocycles. The molecule has 0 saturated carbocycles. The van der Waals surface area contributed by atoms with Crippen LogP contribution >= 0.6 is 0 Å². The number of hydrogen-bond donors (Lipinski definition) is 4. The van der Waals surface area contributed by atoms with Gasteiger partial charge in [0.25, 0.3) is 5.91 Å². The zero-order valence-corrected chi connectivity index (χ0v) is 18.0. The van der Waals surface area contributed by atoms with Crippen molar-refractivity contribution < 1.29 is 19.1 Å². The third-order valence-electron chi connectivity index (χ3n) is 4.31. The van der Waals surface area contributed by atoms with Gasteiger partial charge in [-0.2, -0.15) is 0 Å². The molecule has 9 heteroatoms. The van der Waals surface area contributed by atoms with Crippen LogP contribution in [0.4, 0.5) is 0 Å². The summed E-state index contributed by atoms with van der Waals surface area (Å²) in [5.74, 6) is 1.07. The average molecular weight is 428 g/mol. The third kappa shape index (κ3) is 7.54. The van der Waals surface area contributed by atoms with E-state index in [0.717, 1.165) is 17.7 Å². The van der Waals surface area contributed by atoms with Gasteiger partial charge in [-0.25, -0.2) is 4.99 Å². The standard InChI is InChI=1S/C22H29N5O4/c1-4-24-22(27-13-16-7-10-18(30-2)19(11-16)31-3)26-12-15-5-8-17(9-6-15)21(29)25-14-20(23)28/h5-11H,4,12-14H2,1-3H3,(H2,23,28)(H,25,29)(H2,24,26,27). The van der Waals surface area contributed by atoms with E-state index in [4.69, 9.17) is 15.2 Å². The van der Waals surface area contributed by atoms with Gasteiger partial charge in [0.1, 0.15) is 0 Å². The molecule has 0 bridgehead atoms. The predicted octanol–water partition coefficient (Wildman–Crippen LogP) is 1.17. The second-order valence-corrected chi connectivity index (χ2v) is 6.58. The van der Waals surface area contributed by atoms with Crippen molar-refractivity contribution in [1.82, 2.24) is 16.0 Å². The Hall–Kier alpha value is -3.75. The monoisotopic (exact) mass is 427 g/mol. The molecule has 0 atom stereocenters. The van der Waals surface area contributed by atoms with Crippen LogP contribution in [0, 0.1) is 0 Å². The van der Waals surface area contributed by atoms with Crippen LogP contribution in [0.15, 0.2) is 47.5 Å². The van der Waals surface area contributed by atoms with Crippen molar-refractivity contribution in [2.24, 2.45) is 10.7 Å². The van der Waals surface area contributed by atoms with Gasteiger partial charge in [0.2, 0.25) is 5.91 Å². The Bertz CT molecular complexity index is 913. The molecule has 0 unspecified atom stereocenters. The molecule has 0 fully saturated rings. The summed E-state index contributed by atoms with van der Waals surface area (Å²) in [5.41, 5.74) is 7.45. The number of amides is 2. The number of rotatable bonds is 10. The fourth-order valence-electron chi connectivity index (χ4n) is 2.72. The predicted molar refractivity (Wildman–Crippen MR) is 119 cm³/mol. The van der Waals surface area contributed by atoms with E-state index >= 15 is 0 Å². The van der Waals surface area contributed by atoms with Crippen LogP contribution in [0.25, 0.3) is 0 Å². The Labute approximate surface area is 182 Å². The van der Waals surface area contributed by atoms with E-state index in [-0.39, 0.29) is 12.5 Å². The number of benzene rings is 2. The lowest BCUT2D eigenvalue weighted by atomic mass is 10.1. The number of hydrogen-bond acceptors (Lipinski definition) is 5. The molecule has 9 nitrogen and oxygen atoms in total. The first-order chi connectivity index (χ1) is 15.0. The first kappa shape index (κ1) is 23.5. The molecule has 0 heterocycles. The van der Waals surface area contributed by atoms with Crippen LogP contribution < -0.4 is 31.2 Å². The van der Waals surface area contributed by atoms with E-state index in [0.29, 0.717) is 36.1 Å². The van der Waals surface area contributed by atoms with E-state index in [2.05, 4.69) is 20.9 Å². The minimum Gasteiger partial charge on any atom is -0.493 e. The molecule has 0 aliphatic rings.